The van der Waals surface area contributed by atoms with E-state index in [1.54, 1.807) is 12.1 Å². The Balaban J connectivity index is 1.74. The summed E-state index contributed by atoms with van der Waals surface area (Å²) in [5.74, 6) is -1.09. The van der Waals surface area contributed by atoms with Crippen LogP contribution in [0.4, 0.5) is 20.6 Å². The quantitative estimate of drug-likeness (QED) is 0.745. The minimum Gasteiger partial charge on any atom is -0.442 e. The summed E-state index contributed by atoms with van der Waals surface area (Å²) in [5.41, 5.74) is 0.876. The second-order valence-corrected chi connectivity index (χ2v) is 8.32. The minimum atomic E-state index is -3.95. The van der Waals surface area contributed by atoms with Gasteiger partial charge in [0.15, 0.2) is 0 Å². The van der Waals surface area contributed by atoms with Crippen molar-refractivity contribution in [3.8, 4) is 0 Å². The summed E-state index contributed by atoms with van der Waals surface area (Å²) in [6, 6.07) is 9.85. The Morgan fingerprint density at radius 1 is 1.24 bits per heavy atom. The number of aryl methyl sites for hydroxylation is 1. The molecule has 0 unspecified atom stereocenters. The van der Waals surface area contributed by atoms with Gasteiger partial charge in [-0.15, -0.1) is 0 Å². The fourth-order valence-electron chi connectivity index (χ4n) is 2.77. The van der Waals surface area contributed by atoms with Gasteiger partial charge >= 0.3 is 6.09 Å². The predicted octanol–water partition coefficient (Wildman–Crippen LogP) is 2.40. The standard InChI is InChI=1S/C19H20FN3O5S/c1-12-3-6-16(7-4-12)29(26,27)22-18-8-5-14(9-17(18)20)23-11-15(28-19(23)25)10-21-13(2)24/h3-9,15,22H,10-11H2,1-2H3,(H,21,24)/t15-/m0/s1. The molecule has 1 fully saturated rings. The number of benzene rings is 2. The van der Waals surface area contributed by atoms with Gasteiger partial charge in [0.1, 0.15) is 11.9 Å². The number of anilines is 2. The number of hydrogen-bond donors (Lipinski definition) is 2. The smallest absolute Gasteiger partial charge is 0.414 e. The van der Waals surface area contributed by atoms with E-state index in [1.165, 1.54) is 36.1 Å². The average Bonchev–Trinajstić information content (AvgIpc) is 3.02. The summed E-state index contributed by atoms with van der Waals surface area (Å²) in [6.07, 6.45) is -1.23. The number of amides is 2. The van der Waals surface area contributed by atoms with Crippen LogP contribution in [0.2, 0.25) is 0 Å². The molecule has 1 heterocycles. The van der Waals surface area contributed by atoms with Crippen molar-refractivity contribution in [3.63, 3.8) is 0 Å². The summed E-state index contributed by atoms with van der Waals surface area (Å²) >= 11 is 0. The molecule has 2 aromatic rings. The number of hydrogen-bond acceptors (Lipinski definition) is 5. The van der Waals surface area contributed by atoms with Crippen molar-refractivity contribution in [2.24, 2.45) is 0 Å². The van der Waals surface area contributed by atoms with Crippen molar-refractivity contribution in [2.75, 3.05) is 22.7 Å². The van der Waals surface area contributed by atoms with Crippen LogP contribution >= 0.6 is 0 Å². The molecule has 0 bridgehead atoms. The predicted molar refractivity (Wildman–Crippen MR) is 105 cm³/mol. The third-order valence-corrected chi connectivity index (χ3v) is 5.67. The van der Waals surface area contributed by atoms with E-state index in [9.17, 15) is 22.4 Å². The number of nitrogens with zero attached hydrogens (tertiary/aromatic N) is 1. The number of carbonyl (C=O) groups excluding carboxylic acids is 2. The lowest BCUT2D eigenvalue weighted by molar-refractivity contribution is -0.119. The van der Waals surface area contributed by atoms with E-state index >= 15 is 0 Å². The molecular formula is C19H20FN3O5S. The van der Waals surface area contributed by atoms with Gasteiger partial charge in [-0.3, -0.25) is 14.4 Å². The molecule has 10 heteroatoms. The minimum absolute atomic E-state index is 0.00973. The van der Waals surface area contributed by atoms with Crippen molar-refractivity contribution in [1.82, 2.24) is 5.32 Å². The summed E-state index contributed by atoms with van der Waals surface area (Å²) in [7, 11) is -3.95. The van der Waals surface area contributed by atoms with Gasteiger partial charge in [0.25, 0.3) is 10.0 Å². The lowest BCUT2D eigenvalue weighted by Gasteiger charge is -2.15. The van der Waals surface area contributed by atoms with Crippen molar-refractivity contribution >= 4 is 33.4 Å². The van der Waals surface area contributed by atoms with Crippen LogP contribution in [0, 0.1) is 12.7 Å². The molecule has 8 nitrogen and oxygen atoms in total. The van der Waals surface area contributed by atoms with Crippen molar-refractivity contribution in [2.45, 2.75) is 24.8 Å². The number of ether oxygens (including phenoxy) is 1. The summed E-state index contributed by atoms with van der Waals surface area (Å²) in [6.45, 7) is 3.45. The van der Waals surface area contributed by atoms with E-state index in [-0.39, 0.29) is 35.3 Å². The van der Waals surface area contributed by atoms with Crippen LogP contribution in [0.1, 0.15) is 12.5 Å². The van der Waals surface area contributed by atoms with E-state index in [1.807, 2.05) is 6.92 Å². The summed E-state index contributed by atoms with van der Waals surface area (Å²) < 4.78 is 46.7. The monoisotopic (exact) mass is 421 g/mol. The highest BCUT2D eigenvalue weighted by atomic mass is 32.2. The number of cyclic esters (lactones) is 1. The Morgan fingerprint density at radius 2 is 1.93 bits per heavy atom. The molecule has 3 rings (SSSR count). The van der Waals surface area contributed by atoms with Gasteiger partial charge in [-0.25, -0.2) is 17.6 Å². The molecule has 154 valence electrons. The van der Waals surface area contributed by atoms with E-state index in [0.29, 0.717) is 0 Å². The topological polar surface area (TPSA) is 105 Å². The first-order chi connectivity index (χ1) is 13.7. The highest BCUT2D eigenvalue weighted by molar-refractivity contribution is 7.92. The first-order valence-corrected chi connectivity index (χ1v) is 10.3. The molecule has 0 saturated carbocycles. The van der Waals surface area contributed by atoms with Crippen molar-refractivity contribution in [3.05, 3.63) is 53.8 Å². The zero-order valence-electron chi connectivity index (χ0n) is 15.8. The number of rotatable bonds is 6. The number of carbonyl (C=O) groups is 2. The first-order valence-electron chi connectivity index (χ1n) is 8.77. The van der Waals surface area contributed by atoms with Crippen LogP contribution in [0.15, 0.2) is 47.4 Å². The molecule has 0 radical (unpaired) electrons. The Bertz CT molecular complexity index is 1040. The lowest BCUT2D eigenvalue weighted by atomic mass is 10.2. The van der Waals surface area contributed by atoms with Gasteiger partial charge in [0.2, 0.25) is 5.91 Å². The van der Waals surface area contributed by atoms with Gasteiger partial charge in [-0.05, 0) is 37.3 Å². The first kappa shape index (κ1) is 20.6. The Labute approximate surface area is 167 Å². The molecule has 1 atom stereocenters. The molecular weight excluding hydrogens is 401 g/mol. The van der Waals surface area contributed by atoms with E-state index in [4.69, 9.17) is 4.74 Å². The third-order valence-electron chi connectivity index (χ3n) is 4.29. The van der Waals surface area contributed by atoms with Crippen LogP contribution in [0.5, 0.6) is 0 Å². The van der Waals surface area contributed by atoms with Gasteiger partial charge < -0.3 is 10.1 Å². The lowest BCUT2D eigenvalue weighted by Crippen LogP contribution is -2.33. The Kier molecular flexibility index (Phi) is 5.73. The molecule has 0 aliphatic carbocycles. The van der Waals surface area contributed by atoms with Crippen LogP contribution in [0.3, 0.4) is 0 Å². The van der Waals surface area contributed by atoms with Crippen LogP contribution in [-0.2, 0) is 19.6 Å². The Morgan fingerprint density at radius 3 is 2.55 bits per heavy atom. The maximum absolute atomic E-state index is 14.5. The number of halogens is 1. The largest absolute Gasteiger partial charge is 0.442 e. The van der Waals surface area contributed by atoms with E-state index < -0.39 is 28.0 Å². The summed E-state index contributed by atoms with van der Waals surface area (Å²) in [5, 5.41) is 2.55. The van der Waals surface area contributed by atoms with Crippen molar-refractivity contribution < 1.29 is 27.1 Å². The zero-order valence-corrected chi connectivity index (χ0v) is 16.6. The zero-order chi connectivity index (χ0) is 21.2. The summed E-state index contributed by atoms with van der Waals surface area (Å²) in [4.78, 5) is 24.2. The molecule has 0 spiro atoms. The highest BCUT2D eigenvalue weighted by Crippen LogP contribution is 2.27. The third kappa shape index (κ3) is 4.83. The van der Waals surface area contributed by atoms with Crippen LogP contribution in [0.25, 0.3) is 0 Å². The van der Waals surface area contributed by atoms with E-state index in [2.05, 4.69) is 10.0 Å². The number of sulfonamides is 1. The molecule has 2 aromatic carbocycles. The van der Waals surface area contributed by atoms with E-state index in [0.717, 1.165) is 11.6 Å². The van der Waals surface area contributed by atoms with Gasteiger partial charge in [0, 0.05) is 6.92 Å². The van der Waals surface area contributed by atoms with Gasteiger partial charge in [-0.2, -0.15) is 0 Å². The fraction of sp³-hybridized carbons (Fsp3) is 0.263. The SMILES string of the molecule is CC(=O)NC[C@H]1CN(c2ccc(NS(=O)(=O)c3ccc(C)cc3)c(F)c2)C(=O)O1. The molecule has 2 amide bonds. The molecule has 1 aliphatic rings. The number of nitrogens with one attached hydrogen (secondary N) is 2. The maximum Gasteiger partial charge on any atom is 0.414 e. The Hall–Kier alpha value is -3.14. The molecule has 29 heavy (non-hydrogen) atoms. The molecule has 1 aliphatic heterocycles. The van der Waals surface area contributed by atoms with Crippen molar-refractivity contribution in [1.29, 1.82) is 0 Å². The second kappa shape index (κ2) is 8.08. The second-order valence-electron chi connectivity index (χ2n) is 6.64. The normalized spacial score (nSPS) is 16.4. The fourth-order valence-corrected chi connectivity index (χ4v) is 3.84. The molecule has 0 aromatic heterocycles. The maximum atomic E-state index is 14.5. The van der Waals surface area contributed by atoms with Gasteiger partial charge in [0.05, 0.1) is 29.4 Å². The van der Waals surface area contributed by atoms with Crippen LogP contribution < -0.4 is 14.9 Å². The average molecular weight is 421 g/mol. The molecule has 1 saturated heterocycles. The van der Waals surface area contributed by atoms with Crippen LogP contribution in [-0.4, -0.2) is 39.6 Å². The van der Waals surface area contributed by atoms with Gasteiger partial charge in [-0.1, -0.05) is 17.7 Å². The highest BCUT2D eigenvalue weighted by Gasteiger charge is 2.32. The molecule has 2 N–H and O–H groups in total.